The van der Waals surface area contributed by atoms with Crippen molar-refractivity contribution < 1.29 is 18.8 Å². The van der Waals surface area contributed by atoms with Gasteiger partial charge in [0, 0.05) is 53.5 Å². The Morgan fingerprint density at radius 3 is 2.35 bits per heavy atom. The Balaban J connectivity index is 1.35. The highest BCUT2D eigenvalue weighted by Crippen LogP contribution is 2.30. The largest absolute Gasteiger partial charge is 0.497 e. The van der Waals surface area contributed by atoms with Gasteiger partial charge in [-0.25, -0.2) is 4.79 Å². The molecule has 162 valence electrons. The number of methoxy groups -OCH3 is 2. The first kappa shape index (κ1) is 21.0. The summed E-state index contributed by atoms with van der Waals surface area (Å²) in [4.78, 5) is 19.0. The fraction of sp³-hybridized carbons (Fsp3) is 0.318. The molecular formula is C22H23ClN4O4. The quantitative estimate of drug-likeness (QED) is 0.609. The minimum absolute atomic E-state index is 0.120. The Kier molecular flexibility index (Phi) is 6.27. The van der Waals surface area contributed by atoms with Gasteiger partial charge in [0.25, 0.3) is 0 Å². The maximum Gasteiger partial charge on any atom is 0.321 e. The molecule has 4 rings (SSSR count). The SMILES string of the molecule is COc1cc(NC(=O)N2CCC(c3nc(-c4ccc(Cl)cc4)no3)CC2)cc(OC)c1. The predicted octanol–water partition coefficient (Wildman–Crippen LogP) is 4.82. The van der Waals surface area contributed by atoms with E-state index in [0.29, 0.717) is 47.0 Å². The number of halogens is 1. The second-order valence-corrected chi connectivity index (χ2v) is 7.69. The molecule has 0 atom stereocenters. The van der Waals surface area contributed by atoms with Gasteiger partial charge in [0.2, 0.25) is 11.7 Å². The molecule has 9 heteroatoms. The van der Waals surface area contributed by atoms with E-state index in [0.717, 1.165) is 18.4 Å². The lowest BCUT2D eigenvalue weighted by Crippen LogP contribution is -2.40. The number of aromatic nitrogens is 2. The smallest absolute Gasteiger partial charge is 0.321 e. The van der Waals surface area contributed by atoms with E-state index in [9.17, 15) is 4.79 Å². The number of carbonyl (C=O) groups excluding carboxylic acids is 1. The molecule has 0 aliphatic carbocycles. The average molecular weight is 443 g/mol. The molecular weight excluding hydrogens is 420 g/mol. The molecule has 1 aromatic heterocycles. The van der Waals surface area contributed by atoms with Gasteiger partial charge in [-0.15, -0.1) is 0 Å². The first-order valence-electron chi connectivity index (χ1n) is 9.94. The van der Waals surface area contributed by atoms with Gasteiger partial charge in [0.05, 0.1) is 14.2 Å². The van der Waals surface area contributed by atoms with Crippen molar-refractivity contribution >= 4 is 23.3 Å². The van der Waals surface area contributed by atoms with Crippen molar-refractivity contribution in [2.24, 2.45) is 0 Å². The van der Waals surface area contributed by atoms with Crippen LogP contribution in [0.15, 0.2) is 47.0 Å². The molecule has 3 aromatic rings. The Morgan fingerprint density at radius 2 is 1.74 bits per heavy atom. The van der Waals surface area contributed by atoms with Crippen LogP contribution in [0, 0.1) is 0 Å². The van der Waals surface area contributed by atoms with Gasteiger partial charge in [-0.05, 0) is 37.1 Å². The molecule has 0 bridgehead atoms. The van der Waals surface area contributed by atoms with E-state index in [2.05, 4.69) is 15.5 Å². The Morgan fingerprint density at radius 1 is 1.10 bits per heavy atom. The Hall–Kier alpha value is -3.26. The van der Waals surface area contributed by atoms with Crippen LogP contribution in [0.4, 0.5) is 10.5 Å². The number of piperidine rings is 1. The third-order valence-corrected chi connectivity index (χ3v) is 5.53. The number of nitrogens with zero attached hydrogens (tertiary/aromatic N) is 3. The summed E-state index contributed by atoms with van der Waals surface area (Å²) in [6, 6.07) is 12.4. The second-order valence-electron chi connectivity index (χ2n) is 7.26. The number of carbonyl (C=O) groups is 1. The molecule has 1 aliphatic rings. The molecule has 2 aromatic carbocycles. The summed E-state index contributed by atoms with van der Waals surface area (Å²) in [6.07, 6.45) is 1.49. The summed E-state index contributed by atoms with van der Waals surface area (Å²) < 4.78 is 16.0. The topological polar surface area (TPSA) is 89.7 Å². The van der Waals surface area contributed by atoms with Crippen LogP contribution in [0.1, 0.15) is 24.7 Å². The zero-order valence-corrected chi connectivity index (χ0v) is 18.1. The maximum atomic E-state index is 12.7. The summed E-state index contributed by atoms with van der Waals surface area (Å²) >= 11 is 5.93. The van der Waals surface area contributed by atoms with Crippen molar-refractivity contribution in [3.8, 4) is 22.9 Å². The van der Waals surface area contributed by atoms with Crippen molar-refractivity contribution in [2.75, 3.05) is 32.6 Å². The van der Waals surface area contributed by atoms with E-state index in [4.69, 9.17) is 25.6 Å². The van der Waals surface area contributed by atoms with E-state index < -0.39 is 0 Å². The summed E-state index contributed by atoms with van der Waals surface area (Å²) in [7, 11) is 3.14. The number of nitrogens with one attached hydrogen (secondary N) is 1. The number of amides is 2. The van der Waals surface area contributed by atoms with Crippen LogP contribution in [0.25, 0.3) is 11.4 Å². The van der Waals surface area contributed by atoms with Gasteiger partial charge < -0.3 is 24.2 Å². The highest BCUT2D eigenvalue weighted by Gasteiger charge is 2.28. The number of rotatable bonds is 5. The highest BCUT2D eigenvalue weighted by molar-refractivity contribution is 6.30. The Labute approximate surface area is 185 Å². The number of hydrogen-bond acceptors (Lipinski definition) is 6. The van der Waals surface area contributed by atoms with Crippen LogP contribution < -0.4 is 14.8 Å². The fourth-order valence-corrected chi connectivity index (χ4v) is 3.65. The molecule has 1 fully saturated rings. The summed E-state index contributed by atoms with van der Waals surface area (Å²) in [5, 5.41) is 7.66. The predicted molar refractivity (Wildman–Crippen MR) is 117 cm³/mol. The van der Waals surface area contributed by atoms with Gasteiger partial charge in [0.15, 0.2) is 0 Å². The third-order valence-electron chi connectivity index (χ3n) is 5.28. The average Bonchev–Trinajstić information content (AvgIpc) is 3.29. The molecule has 0 saturated carbocycles. The zero-order chi connectivity index (χ0) is 21.8. The van der Waals surface area contributed by atoms with Gasteiger partial charge in [-0.2, -0.15) is 4.98 Å². The normalized spacial score (nSPS) is 14.4. The molecule has 1 aliphatic heterocycles. The maximum absolute atomic E-state index is 12.7. The zero-order valence-electron chi connectivity index (χ0n) is 17.3. The molecule has 0 radical (unpaired) electrons. The number of likely N-dealkylation sites (tertiary alicyclic amines) is 1. The second kappa shape index (κ2) is 9.26. The van der Waals surface area contributed by atoms with Gasteiger partial charge in [-0.3, -0.25) is 0 Å². The number of ether oxygens (including phenoxy) is 2. The first-order chi connectivity index (χ1) is 15.1. The molecule has 2 heterocycles. The van der Waals surface area contributed by atoms with Crippen molar-refractivity contribution in [3.05, 3.63) is 53.4 Å². The van der Waals surface area contributed by atoms with Crippen molar-refractivity contribution in [1.29, 1.82) is 0 Å². The summed E-state index contributed by atoms with van der Waals surface area (Å²) in [6.45, 7) is 1.19. The van der Waals surface area contributed by atoms with Gasteiger partial charge in [0.1, 0.15) is 11.5 Å². The van der Waals surface area contributed by atoms with Crippen LogP contribution in [0.3, 0.4) is 0 Å². The van der Waals surface area contributed by atoms with Crippen molar-refractivity contribution in [1.82, 2.24) is 15.0 Å². The van der Waals surface area contributed by atoms with Crippen molar-refractivity contribution in [2.45, 2.75) is 18.8 Å². The van der Waals surface area contributed by atoms with Gasteiger partial charge >= 0.3 is 6.03 Å². The minimum atomic E-state index is -0.166. The molecule has 31 heavy (non-hydrogen) atoms. The van der Waals surface area contributed by atoms with E-state index in [-0.39, 0.29) is 11.9 Å². The highest BCUT2D eigenvalue weighted by atomic mass is 35.5. The Bertz CT molecular complexity index is 1020. The van der Waals surface area contributed by atoms with E-state index >= 15 is 0 Å². The molecule has 1 N–H and O–H groups in total. The van der Waals surface area contributed by atoms with Crippen LogP contribution in [-0.2, 0) is 0 Å². The lowest BCUT2D eigenvalue weighted by molar-refractivity contribution is 0.187. The molecule has 1 saturated heterocycles. The fourth-order valence-electron chi connectivity index (χ4n) is 3.53. The summed E-state index contributed by atoms with van der Waals surface area (Å²) in [5.41, 5.74) is 1.47. The molecule has 0 unspecified atom stereocenters. The van der Waals surface area contributed by atoms with Crippen molar-refractivity contribution in [3.63, 3.8) is 0 Å². The van der Waals surface area contributed by atoms with Crippen LogP contribution >= 0.6 is 11.6 Å². The van der Waals surface area contributed by atoms with Crippen LogP contribution in [-0.4, -0.2) is 48.4 Å². The monoisotopic (exact) mass is 442 g/mol. The standard InChI is InChI=1S/C22H23ClN4O4/c1-29-18-11-17(12-19(13-18)30-2)24-22(28)27-9-7-15(8-10-27)21-25-20(26-31-21)14-3-5-16(23)6-4-14/h3-6,11-13,15H,7-10H2,1-2H3,(H,24,28). The summed E-state index contributed by atoms with van der Waals surface area (Å²) in [5.74, 6) is 2.48. The van der Waals surface area contributed by atoms with Gasteiger partial charge in [-0.1, -0.05) is 16.8 Å². The molecule has 8 nitrogen and oxygen atoms in total. The number of benzene rings is 2. The third kappa shape index (κ3) is 4.91. The van der Waals surface area contributed by atoms with Crippen LogP contribution in [0.5, 0.6) is 11.5 Å². The minimum Gasteiger partial charge on any atom is -0.497 e. The lowest BCUT2D eigenvalue weighted by Gasteiger charge is -2.30. The van der Waals surface area contributed by atoms with E-state index in [1.807, 2.05) is 12.1 Å². The lowest BCUT2D eigenvalue weighted by atomic mass is 9.97. The van der Waals surface area contributed by atoms with Crippen LogP contribution in [0.2, 0.25) is 5.02 Å². The molecule has 0 spiro atoms. The first-order valence-corrected chi connectivity index (χ1v) is 10.3. The number of hydrogen-bond donors (Lipinski definition) is 1. The number of urea groups is 1. The van der Waals surface area contributed by atoms with E-state index in [1.165, 1.54) is 0 Å². The number of anilines is 1. The van der Waals surface area contributed by atoms with E-state index in [1.54, 1.807) is 49.5 Å². The molecule has 2 amide bonds.